The molecule has 8 heteroatoms. The number of likely N-dealkylation sites (tertiary alicyclic amines) is 2. The first-order valence-electron chi connectivity index (χ1n) is 16.4. The van der Waals surface area contributed by atoms with Gasteiger partial charge >= 0.3 is 6.09 Å². The van der Waals surface area contributed by atoms with Gasteiger partial charge in [0.25, 0.3) is 0 Å². The van der Waals surface area contributed by atoms with Crippen LogP contribution in [0.25, 0.3) is 55.1 Å². The SMILES string of the molecule is CN1CCCC1c1nc2ccc(-c3cccc4c(-c5ccc6nc(C7CCCN7C(=O)OC(C)(C)C)[nH]c6c5)cccc34)cc2[nH]1. The Morgan fingerprint density at radius 1 is 0.761 bits per heavy atom. The summed E-state index contributed by atoms with van der Waals surface area (Å²) in [5.41, 5.74) is 8.07. The maximum Gasteiger partial charge on any atom is 0.410 e. The van der Waals surface area contributed by atoms with E-state index >= 15 is 0 Å². The predicted octanol–water partition coefficient (Wildman–Crippen LogP) is 8.77. The summed E-state index contributed by atoms with van der Waals surface area (Å²) in [5.74, 6) is 1.88. The molecule has 2 aliphatic rings. The van der Waals surface area contributed by atoms with Crippen LogP contribution in [0.5, 0.6) is 0 Å². The molecule has 2 unspecified atom stereocenters. The summed E-state index contributed by atoms with van der Waals surface area (Å²) < 4.78 is 5.69. The topological polar surface area (TPSA) is 90.1 Å². The van der Waals surface area contributed by atoms with Crippen LogP contribution in [-0.2, 0) is 4.74 Å². The number of fused-ring (bicyclic) bond motifs is 3. The van der Waals surface area contributed by atoms with Crippen molar-refractivity contribution in [2.24, 2.45) is 0 Å². The van der Waals surface area contributed by atoms with Crippen LogP contribution in [-0.4, -0.2) is 61.6 Å². The van der Waals surface area contributed by atoms with Gasteiger partial charge in [-0.15, -0.1) is 0 Å². The molecular weight excluding hydrogens is 572 g/mol. The van der Waals surface area contributed by atoms with E-state index in [-0.39, 0.29) is 12.1 Å². The van der Waals surface area contributed by atoms with Crippen LogP contribution in [0.15, 0.2) is 72.8 Å². The van der Waals surface area contributed by atoms with Crippen LogP contribution in [0.2, 0.25) is 0 Å². The quantitative estimate of drug-likeness (QED) is 0.208. The number of rotatable bonds is 4. The van der Waals surface area contributed by atoms with E-state index in [1.807, 2.05) is 25.7 Å². The van der Waals surface area contributed by atoms with Crippen molar-refractivity contribution in [1.82, 2.24) is 29.7 Å². The molecule has 2 atom stereocenters. The Balaban J connectivity index is 1.13. The van der Waals surface area contributed by atoms with E-state index in [1.165, 1.54) is 33.9 Å². The number of aromatic nitrogens is 4. The summed E-state index contributed by atoms with van der Waals surface area (Å²) >= 11 is 0. The minimum Gasteiger partial charge on any atom is -0.444 e. The zero-order valence-corrected chi connectivity index (χ0v) is 26.9. The number of carbonyl (C=O) groups excluding carboxylic acids is 1. The Labute approximate surface area is 268 Å². The van der Waals surface area contributed by atoms with Gasteiger partial charge in [-0.25, -0.2) is 14.8 Å². The number of H-pyrrole nitrogens is 2. The molecule has 8 nitrogen and oxygen atoms in total. The first-order chi connectivity index (χ1) is 22.2. The van der Waals surface area contributed by atoms with Crippen LogP contribution in [0.1, 0.15) is 70.2 Å². The normalized spacial score (nSPS) is 19.2. The maximum absolute atomic E-state index is 12.9. The molecule has 0 radical (unpaired) electrons. The van der Waals surface area contributed by atoms with Gasteiger partial charge in [0.1, 0.15) is 17.2 Å². The lowest BCUT2D eigenvalue weighted by molar-refractivity contribution is 0.0219. The molecule has 6 aromatic rings. The summed E-state index contributed by atoms with van der Waals surface area (Å²) in [6, 6.07) is 26.3. The maximum atomic E-state index is 12.9. The van der Waals surface area contributed by atoms with Crippen LogP contribution >= 0.6 is 0 Å². The van der Waals surface area contributed by atoms with Gasteiger partial charge in [-0.1, -0.05) is 48.5 Å². The van der Waals surface area contributed by atoms with Gasteiger partial charge in [-0.2, -0.15) is 0 Å². The first kappa shape index (κ1) is 28.8. The van der Waals surface area contributed by atoms with Gasteiger partial charge in [0.15, 0.2) is 0 Å². The number of imidazole rings is 2. The third-order valence-electron chi connectivity index (χ3n) is 9.58. The highest BCUT2D eigenvalue weighted by Gasteiger charge is 2.35. The Kier molecular flexibility index (Phi) is 6.87. The molecule has 8 rings (SSSR count). The standard InChI is InChI=1S/C38H40N6O2/c1-38(2,3)46-37(45)44-20-8-14-34(44)36-40-30-18-16-24(22-32(30)42-36)26-10-6-11-27-25(9-5-12-28(26)27)23-15-17-29-31(21-23)41-35(39-29)33-13-7-19-43(33)4/h5-6,9-12,15-18,21-22,33-34H,7-8,13-14,19-20H2,1-4H3,(H,39,41)(H,40,42). The molecule has 234 valence electrons. The van der Waals surface area contributed by atoms with Crippen molar-refractivity contribution in [2.45, 2.75) is 64.1 Å². The third kappa shape index (κ3) is 5.10. The molecular formula is C38H40N6O2. The fourth-order valence-electron chi connectivity index (χ4n) is 7.37. The molecule has 2 aromatic heterocycles. The summed E-state index contributed by atoms with van der Waals surface area (Å²) in [7, 11) is 2.18. The van der Waals surface area contributed by atoms with Crippen molar-refractivity contribution in [3.63, 3.8) is 0 Å². The van der Waals surface area contributed by atoms with E-state index in [1.54, 1.807) is 0 Å². The lowest BCUT2D eigenvalue weighted by Gasteiger charge is -2.27. The van der Waals surface area contributed by atoms with Gasteiger partial charge in [0.2, 0.25) is 0 Å². The molecule has 0 spiro atoms. The molecule has 2 aliphatic heterocycles. The van der Waals surface area contributed by atoms with Gasteiger partial charge in [-0.3, -0.25) is 9.80 Å². The Morgan fingerprint density at radius 2 is 1.30 bits per heavy atom. The summed E-state index contributed by atoms with van der Waals surface area (Å²) in [6.45, 7) is 7.49. The molecule has 1 amide bonds. The van der Waals surface area contributed by atoms with Crippen molar-refractivity contribution in [3.05, 3.63) is 84.4 Å². The zero-order chi connectivity index (χ0) is 31.6. The highest BCUT2D eigenvalue weighted by Crippen LogP contribution is 2.38. The number of amides is 1. The molecule has 2 N–H and O–H groups in total. The Morgan fingerprint density at radius 3 is 1.85 bits per heavy atom. The van der Waals surface area contributed by atoms with Gasteiger partial charge in [-0.05, 0) is 117 Å². The first-order valence-corrected chi connectivity index (χ1v) is 16.4. The molecule has 0 saturated carbocycles. The van der Waals surface area contributed by atoms with Crippen molar-refractivity contribution in [2.75, 3.05) is 20.1 Å². The number of ether oxygens (including phenoxy) is 1. The molecule has 46 heavy (non-hydrogen) atoms. The molecule has 0 aliphatic carbocycles. The number of benzene rings is 4. The van der Waals surface area contributed by atoms with E-state index in [0.29, 0.717) is 12.6 Å². The number of nitrogens with zero attached hydrogens (tertiary/aromatic N) is 4. The van der Waals surface area contributed by atoms with Gasteiger partial charge in [0.05, 0.1) is 34.2 Å². The fraction of sp³-hybridized carbons (Fsp3) is 0.342. The molecule has 2 saturated heterocycles. The highest BCUT2D eigenvalue weighted by molar-refractivity contribution is 6.05. The van der Waals surface area contributed by atoms with Crippen molar-refractivity contribution in [1.29, 1.82) is 0 Å². The number of hydrogen-bond acceptors (Lipinski definition) is 5. The molecule has 4 heterocycles. The van der Waals surface area contributed by atoms with Crippen LogP contribution in [0, 0.1) is 0 Å². The van der Waals surface area contributed by atoms with Gasteiger partial charge < -0.3 is 14.7 Å². The Bertz CT molecular complexity index is 2100. The van der Waals surface area contributed by atoms with E-state index < -0.39 is 5.60 Å². The van der Waals surface area contributed by atoms with E-state index in [9.17, 15) is 4.79 Å². The molecule has 0 bridgehead atoms. The van der Waals surface area contributed by atoms with Crippen LogP contribution < -0.4 is 0 Å². The lowest BCUT2D eigenvalue weighted by Crippen LogP contribution is -2.36. The summed E-state index contributed by atoms with van der Waals surface area (Å²) in [4.78, 5) is 34.2. The predicted molar refractivity (Wildman–Crippen MR) is 184 cm³/mol. The van der Waals surface area contributed by atoms with Crippen LogP contribution in [0.3, 0.4) is 0 Å². The monoisotopic (exact) mass is 612 g/mol. The second-order valence-corrected chi connectivity index (χ2v) is 13.9. The largest absolute Gasteiger partial charge is 0.444 e. The smallest absolute Gasteiger partial charge is 0.410 e. The average molecular weight is 613 g/mol. The zero-order valence-electron chi connectivity index (χ0n) is 26.9. The van der Waals surface area contributed by atoms with Crippen LogP contribution in [0.4, 0.5) is 4.79 Å². The average Bonchev–Trinajstić information content (AvgIpc) is 3.84. The van der Waals surface area contributed by atoms with Gasteiger partial charge in [0, 0.05) is 6.54 Å². The van der Waals surface area contributed by atoms with E-state index in [2.05, 4.69) is 94.7 Å². The fourth-order valence-corrected chi connectivity index (χ4v) is 7.37. The van der Waals surface area contributed by atoms with Crippen molar-refractivity contribution < 1.29 is 9.53 Å². The number of carbonyl (C=O) groups is 1. The summed E-state index contributed by atoms with van der Waals surface area (Å²) in [6.07, 6.45) is 3.87. The van der Waals surface area contributed by atoms with E-state index in [4.69, 9.17) is 14.7 Å². The molecule has 4 aromatic carbocycles. The van der Waals surface area contributed by atoms with E-state index in [0.717, 1.165) is 65.1 Å². The second kappa shape index (κ2) is 11.0. The third-order valence-corrected chi connectivity index (χ3v) is 9.58. The minimum atomic E-state index is -0.535. The number of hydrogen-bond donors (Lipinski definition) is 2. The Hall–Kier alpha value is -4.69. The summed E-state index contributed by atoms with van der Waals surface area (Å²) in [5, 5.41) is 2.41. The molecule has 2 fully saturated rings. The van der Waals surface area contributed by atoms with Crippen molar-refractivity contribution >= 4 is 38.9 Å². The minimum absolute atomic E-state index is 0.117. The lowest BCUT2D eigenvalue weighted by atomic mass is 9.93. The number of aromatic amines is 2. The number of nitrogens with one attached hydrogen (secondary N) is 2. The van der Waals surface area contributed by atoms with Crippen molar-refractivity contribution in [3.8, 4) is 22.3 Å². The second-order valence-electron chi connectivity index (χ2n) is 13.9. The highest BCUT2D eigenvalue weighted by atomic mass is 16.6.